The van der Waals surface area contributed by atoms with Gasteiger partial charge in [0.15, 0.2) is 12.1 Å². The first-order chi connectivity index (χ1) is 23.0. The largest absolute Gasteiger partial charge is 0.507 e. The van der Waals surface area contributed by atoms with E-state index in [1.54, 1.807) is 12.1 Å². The Morgan fingerprint density at radius 2 is 1.65 bits per heavy atom. The van der Waals surface area contributed by atoms with Gasteiger partial charge in [0, 0.05) is 19.4 Å². The number of aromatic hydroxyl groups is 1. The number of guanidine groups is 1. The minimum absolute atomic E-state index is 0.0157. The molecule has 1 heterocycles. The number of nitrogens with one attached hydrogen (secondary N) is 3. The van der Waals surface area contributed by atoms with Crippen LogP contribution in [0.25, 0.3) is 0 Å². The molecule has 0 radical (unpaired) electrons. The number of amides is 4. The van der Waals surface area contributed by atoms with Crippen LogP contribution in [-0.4, -0.2) is 93.9 Å². The van der Waals surface area contributed by atoms with E-state index in [1.807, 2.05) is 27.7 Å². The summed E-state index contributed by atoms with van der Waals surface area (Å²) in [7, 11) is 0. The molecule has 1 aliphatic heterocycles. The lowest BCUT2D eigenvalue weighted by Crippen LogP contribution is -2.59. The van der Waals surface area contributed by atoms with Crippen LogP contribution in [0.5, 0.6) is 5.75 Å². The topological polar surface area (TPSA) is 282 Å². The van der Waals surface area contributed by atoms with Crippen molar-refractivity contribution in [3.05, 3.63) is 29.3 Å². The fourth-order valence-electron chi connectivity index (χ4n) is 5.61. The molecular weight excluding hydrogens is 638 g/mol. The van der Waals surface area contributed by atoms with Gasteiger partial charge in [-0.05, 0) is 49.1 Å². The highest BCUT2D eigenvalue weighted by atomic mass is 16.5. The van der Waals surface area contributed by atoms with Crippen molar-refractivity contribution in [2.24, 2.45) is 34.0 Å². The normalized spacial score (nSPS) is 17.1. The van der Waals surface area contributed by atoms with Crippen LogP contribution in [0, 0.1) is 11.8 Å². The Hall–Kier alpha value is -4.44. The van der Waals surface area contributed by atoms with E-state index in [4.69, 9.17) is 21.9 Å². The number of ether oxygens (including phenoxy) is 1. The molecule has 0 unspecified atom stereocenters. The quantitative estimate of drug-likeness (QED) is 0.0362. The Bertz CT molecular complexity index is 1330. The summed E-state index contributed by atoms with van der Waals surface area (Å²) in [6.07, 6.45) is -3.14. The van der Waals surface area contributed by atoms with E-state index in [0.717, 1.165) is 6.42 Å². The number of aliphatic imine (C=N–C) groups is 1. The van der Waals surface area contributed by atoms with Crippen molar-refractivity contribution >= 4 is 35.6 Å². The van der Waals surface area contributed by atoms with Crippen LogP contribution in [0.3, 0.4) is 0 Å². The molecule has 2 rings (SSSR count). The second kappa shape index (κ2) is 19.5. The van der Waals surface area contributed by atoms with Gasteiger partial charge in [0.1, 0.15) is 29.6 Å². The van der Waals surface area contributed by atoms with E-state index >= 15 is 0 Å². The smallest absolute Gasteiger partial charge is 0.342 e. The molecule has 1 aliphatic rings. The number of hydrogen-bond acceptors (Lipinski definition) is 10. The number of fused-ring (bicyclic) bond motifs is 1. The summed E-state index contributed by atoms with van der Waals surface area (Å²) in [4.78, 5) is 67.7. The van der Waals surface area contributed by atoms with E-state index in [1.165, 1.54) is 6.07 Å². The third-order valence-electron chi connectivity index (χ3n) is 8.06. The first-order valence-electron chi connectivity index (χ1n) is 16.6. The highest BCUT2D eigenvalue weighted by molar-refractivity contribution is 5.95. The summed E-state index contributed by atoms with van der Waals surface area (Å²) < 4.78 is 5.59. The summed E-state index contributed by atoms with van der Waals surface area (Å²) in [6.45, 7) is 7.90. The zero-order valence-electron chi connectivity index (χ0n) is 28.7. The van der Waals surface area contributed by atoms with Crippen LogP contribution in [0.15, 0.2) is 23.2 Å². The van der Waals surface area contributed by atoms with Crippen molar-refractivity contribution in [1.82, 2.24) is 16.0 Å². The first-order valence-corrected chi connectivity index (χ1v) is 16.6. The molecule has 12 N–H and O–H groups in total. The van der Waals surface area contributed by atoms with Gasteiger partial charge in [0.05, 0.1) is 18.5 Å². The summed E-state index contributed by atoms with van der Waals surface area (Å²) >= 11 is 0. The maximum Gasteiger partial charge on any atom is 0.342 e. The first kappa shape index (κ1) is 40.7. The number of phenolic OH excluding ortho intramolecular Hbond substituents is 1. The lowest BCUT2D eigenvalue weighted by molar-refractivity contribution is -0.140. The van der Waals surface area contributed by atoms with Crippen LogP contribution in [0.2, 0.25) is 0 Å². The molecule has 0 bridgehead atoms. The standard InChI is InChI=1S/C33H53N7O9/c1-17(2)8-5-12-26(43)38-22(16-25(34)42)30(46)39-20(10-7-13-37-33(35)36)28(44)29(45)31(47)40-21(14-18(3)4)24-15-19-9-6-11-23(41)27(19)32(48)49-24/h6,9,11,17-18,20-22,24,28-29,41,44-45H,5,7-8,10,12-16H2,1-4H3,(H2,34,42)(H,38,43)(H,39,46)(H,40,47)(H4,35,36,37)/t20-,21-,22+,24-,28-,29-/m0/s1. The van der Waals surface area contributed by atoms with Gasteiger partial charge in [-0.2, -0.15) is 0 Å². The summed E-state index contributed by atoms with van der Waals surface area (Å²) in [5, 5.41) is 40.1. The molecule has 6 atom stereocenters. The highest BCUT2D eigenvalue weighted by Crippen LogP contribution is 2.30. The summed E-state index contributed by atoms with van der Waals surface area (Å²) in [6, 6.07) is 1.21. The van der Waals surface area contributed by atoms with E-state index in [2.05, 4.69) is 20.9 Å². The maximum absolute atomic E-state index is 13.4. The molecule has 0 saturated carbocycles. The van der Waals surface area contributed by atoms with Crippen molar-refractivity contribution < 1.29 is 44.0 Å². The number of carbonyl (C=O) groups is 5. The molecule has 274 valence electrons. The fraction of sp³-hybridized carbons (Fsp3) is 0.636. The SMILES string of the molecule is CC(C)CCCC(=O)N[C@H](CC(N)=O)C(=O)N[C@@H](CCCN=C(N)N)[C@H](O)[C@H](O)C(=O)N[C@@H](CC(C)C)[C@@H]1Cc2cccc(O)c2C(=O)O1. The minimum atomic E-state index is -2.07. The molecule has 1 aromatic rings. The molecule has 16 heteroatoms. The maximum atomic E-state index is 13.4. The van der Waals surface area contributed by atoms with Gasteiger partial charge in [-0.3, -0.25) is 24.2 Å². The van der Waals surface area contributed by atoms with Crippen LogP contribution < -0.4 is 33.2 Å². The molecule has 0 aliphatic carbocycles. The van der Waals surface area contributed by atoms with Crippen LogP contribution in [0.4, 0.5) is 0 Å². The monoisotopic (exact) mass is 691 g/mol. The lowest BCUT2D eigenvalue weighted by Gasteiger charge is -2.34. The number of phenols is 1. The molecule has 1 aromatic carbocycles. The number of primary amides is 1. The number of cyclic esters (lactones) is 1. The number of nitrogens with two attached hydrogens (primary N) is 3. The predicted octanol–water partition coefficient (Wildman–Crippen LogP) is -0.549. The van der Waals surface area contributed by atoms with Gasteiger partial charge >= 0.3 is 5.97 Å². The molecule has 4 amide bonds. The predicted molar refractivity (Wildman–Crippen MR) is 181 cm³/mol. The van der Waals surface area contributed by atoms with Gasteiger partial charge in [-0.25, -0.2) is 4.79 Å². The summed E-state index contributed by atoms with van der Waals surface area (Å²) in [5.74, 6) is -3.95. The molecule has 0 spiro atoms. The second-order valence-electron chi connectivity index (χ2n) is 13.3. The van der Waals surface area contributed by atoms with Gasteiger partial charge in [-0.1, -0.05) is 46.2 Å². The Morgan fingerprint density at radius 3 is 2.27 bits per heavy atom. The van der Waals surface area contributed by atoms with Crippen molar-refractivity contribution in [3.63, 3.8) is 0 Å². The lowest BCUT2D eigenvalue weighted by atomic mass is 9.90. The third-order valence-corrected chi connectivity index (χ3v) is 8.06. The summed E-state index contributed by atoms with van der Waals surface area (Å²) in [5.41, 5.74) is 16.7. The number of rotatable bonds is 20. The Morgan fingerprint density at radius 1 is 0.959 bits per heavy atom. The van der Waals surface area contributed by atoms with Gasteiger partial charge in [0.25, 0.3) is 5.91 Å². The van der Waals surface area contributed by atoms with Crippen LogP contribution >= 0.6 is 0 Å². The van der Waals surface area contributed by atoms with E-state index in [9.17, 15) is 39.3 Å². The average Bonchev–Trinajstić information content (AvgIpc) is 3.00. The number of hydrogen-bond donors (Lipinski definition) is 9. The minimum Gasteiger partial charge on any atom is -0.507 e. The van der Waals surface area contributed by atoms with Crippen molar-refractivity contribution in [1.29, 1.82) is 0 Å². The number of nitrogens with zero attached hydrogens (tertiary/aromatic N) is 1. The fourth-order valence-corrected chi connectivity index (χ4v) is 5.61. The Labute approximate surface area is 286 Å². The van der Waals surface area contributed by atoms with Gasteiger partial charge in [0.2, 0.25) is 17.7 Å². The zero-order valence-corrected chi connectivity index (χ0v) is 28.7. The van der Waals surface area contributed by atoms with Gasteiger partial charge < -0.3 is 53.2 Å². The Balaban J connectivity index is 2.24. The molecule has 0 fully saturated rings. The number of aliphatic hydroxyl groups is 2. The van der Waals surface area contributed by atoms with Crippen molar-refractivity contribution in [3.8, 4) is 5.75 Å². The molecular formula is C33H53N7O9. The average molecular weight is 692 g/mol. The van der Waals surface area contributed by atoms with Crippen LogP contribution in [0.1, 0.15) is 88.6 Å². The third kappa shape index (κ3) is 13.5. The number of aliphatic hydroxyl groups excluding tert-OH is 2. The number of benzene rings is 1. The molecule has 49 heavy (non-hydrogen) atoms. The zero-order chi connectivity index (χ0) is 36.8. The van der Waals surface area contributed by atoms with E-state index < -0.39 is 72.5 Å². The molecule has 0 saturated heterocycles. The van der Waals surface area contributed by atoms with Crippen molar-refractivity contribution in [2.75, 3.05) is 6.54 Å². The molecule has 16 nitrogen and oxygen atoms in total. The number of esters is 1. The second-order valence-corrected chi connectivity index (χ2v) is 13.3. The van der Waals surface area contributed by atoms with E-state index in [-0.39, 0.29) is 55.4 Å². The van der Waals surface area contributed by atoms with Gasteiger partial charge in [-0.15, -0.1) is 0 Å². The van der Waals surface area contributed by atoms with Crippen molar-refractivity contribution in [2.45, 2.75) is 115 Å². The number of carbonyl (C=O) groups excluding carboxylic acids is 5. The highest BCUT2D eigenvalue weighted by Gasteiger charge is 2.39. The Kier molecular flexibility index (Phi) is 16.2. The van der Waals surface area contributed by atoms with E-state index in [0.29, 0.717) is 24.3 Å². The molecule has 0 aromatic heterocycles. The van der Waals surface area contributed by atoms with Crippen LogP contribution in [-0.2, 0) is 30.3 Å².